The van der Waals surface area contributed by atoms with Crippen molar-refractivity contribution in [3.63, 3.8) is 0 Å². The molecule has 1 atom stereocenters. The second-order valence-corrected chi connectivity index (χ2v) is 6.59. The minimum Gasteiger partial charge on any atom is -0.240 e. The van der Waals surface area contributed by atoms with E-state index in [1.54, 1.807) is 35.7 Å². The molecule has 1 aromatic carbocycles. The molecule has 1 aromatic heterocycles. The Bertz CT molecular complexity index is 562. The Hall–Kier alpha value is -1.20. The number of sulfone groups is 1. The molecule has 0 amide bonds. The van der Waals surface area contributed by atoms with Crippen LogP contribution in [0.3, 0.4) is 0 Å². The van der Waals surface area contributed by atoms with Crippen LogP contribution in [0.15, 0.2) is 52.7 Å². The summed E-state index contributed by atoms with van der Waals surface area (Å²) in [6.45, 7) is 0. The van der Waals surface area contributed by atoms with Gasteiger partial charge < -0.3 is 0 Å². The van der Waals surface area contributed by atoms with Crippen molar-refractivity contribution in [3.05, 3.63) is 52.7 Å². The summed E-state index contributed by atoms with van der Waals surface area (Å²) in [5.41, 5.74) is 0. The van der Waals surface area contributed by atoms with Crippen molar-refractivity contribution < 1.29 is 12.8 Å². The number of thiophene rings is 1. The lowest BCUT2D eigenvalue weighted by atomic mass is 10.3. The van der Waals surface area contributed by atoms with Crippen molar-refractivity contribution >= 4 is 21.2 Å². The average Bonchev–Trinajstić information content (AvgIpc) is 2.83. The van der Waals surface area contributed by atoms with Gasteiger partial charge in [-0.15, -0.1) is 11.3 Å². The summed E-state index contributed by atoms with van der Waals surface area (Å²) in [6.07, 6.45) is -1.46. The zero-order chi connectivity index (χ0) is 12.3. The lowest BCUT2D eigenvalue weighted by Gasteiger charge is -2.07. The molecule has 17 heavy (non-hydrogen) atoms. The Morgan fingerprint density at radius 3 is 2.41 bits per heavy atom. The second-order valence-electron chi connectivity index (χ2n) is 3.58. The van der Waals surface area contributed by atoms with Crippen LogP contribution in [0.1, 0.15) is 11.0 Å². The Morgan fingerprint density at radius 1 is 1.12 bits per heavy atom. The van der Waals surface area contributed by atoms with E-state index in [1.165, 1.54) is 23.5 Å². The summed E-state index contributed by atoms with van der Waals surface area (Å²) in [5.74, 6) is -0.502. The van der Waals surface area contributed by atoms with Crippen LogP contribution in [0.2, 0.25) is 0 Å². The van der Waals surface area contributed by atoms with Crippen LogP contribution in [0, 0.1) is 0 Å². The maximum absolute atomic E-state index is 13.8. The van der Waals surface area contributed by atoms with Gasteiger partial charge >= 0.3 is 0 Å². The number of rotatable bonds is 4. The van der Waals surface area contributed by atoms with Crippen molar-refractivity contribution in [2.75, 3.05) is 5.75 Å². The van der Waals surface area contributed by atoms with Crippen LogP contribution in [-0.4, -0.2) is 14.2 Å². The normalized spacial score (nSPS) is 13.5. The van der Waals surface area contributed by atoms with Crippen molar-refractivity contribution in [2.24, 2.45) is 0 Å². The Morgan fingerprint density at radius 2 is 1.82 bits per heavy atom. The first kappa shape index (κ1) is 12.3. The third kappa shape index (κ3) is 2.92. The highest BCUT2D eigenvalue weighted by atomic mass is 32.2. The maximum Gasteiger partial charge on any atom is 0.181 e. The standard InChI is InChI=1S/C12H11FO2S2/c13-11(12-7-4-8-16-12)9-17(14,15)10-5-2-1-3-6-10/h1-8,11H,9H2. The molecule has 0 aliphatic carbocycles. The SMILES string of the molecule is O=S(=O)(CC(F)c1cccs1)c1ccccc1. The van der Waals surface area contributed by atoms with Gasteiger partial charge in [0.15, 0.2) is 9.84 Å². The van der Waals surface area contributed by atoms with E-state index in [2.05, 4.69) is 0 Å². The molecule has 0 saturated heterocycles. The summed E-state index contributed by atoms with van der Waals surface area (Å²) in [4.78, 5) is 0.615. The van der Waals surface area contributed by atoms with E-state index >= 15 is 0 Å². The monoisotopic (exact) mass is 270 g/mol. The van der Waals surface area contributed by atoms with Gasteiger partial charge in [0.2, 0.25) is 0 Å². The lowest BCUT2D eigenvalue weighted by molar-refractivity contribution is 0.380. The van der Waals surface area contributed by atoms with Gasteiger partial charge in [-0.25, -0.2) is 12.8 Å². The van der Waals surface area contributed by atoms with Crippen molar-refractivity contribution in [2.45, 2.75) is 11.1 Å². The second kappa shape index (κ2) is 4.98. The average molecular weight is 270 g/mol. The topological polar surface area (TPSA) is 34.1 Å². The largest absolute Gasteiger partial charge is 0.240 e. The predicted molar refractivity (Wildman–Crippen MR) is 66.7 cm³/mol. The molecule has 0 bridgehead atoms. The minimum atomic E-state index is -3.55. The first-order valence-electron chi connectivity index (χ1n) is 5.05. The van der Waals surface area contributed by atoms with Crippen LogP contribution in [0.25, 0.3) is 0 Å². The van der Waals surface area contributed by atoms with Crippen LogP contribution >= 0.6 is 11.3 Å². The molecular formula is C12H11FO2S2. The van der Waals surface area contributed by atoms with Crippen LogP contribution in [0.4, 0.5) is 4.39 Å². The zero-order valence-corrected chi connectivity index (χ0v) is 10.5. The smallest absolute Gasteiger partial charge is 0.181 e. The first-order chi connectivity index (χ1) is 8.09. The highest BCUT2D eigenvalue weighted by Gasteiger charge is 2.22. The Kier molecular flexibility index (Phi) is 3.59. The van der Waals surface area contributed by atoms with Gasteiger partial charge in [0, 0.05) is 4.88 Å². The van der Waals surface area contributed by atoms with Gasteiger partial charge in [0.05, 0.1) is 10.6 Å². The number of benzene rings is 1. The molecule has 0 saturated carbocycles. The molecule has 2 rings (SSSR count). The molecule has 0 spiro atoms. The number of alkyl halides is 1. The summed E-state index contributed by atoms with van der Waals surface area (Å²) < 4.78 is 37.6. The molecule has 0 fully saturated rings. The van der Waals surface area contributed by atoms with E-state index in [4.69, 9.17) is 0 Å². The van der Waals surface area contributed by atoms with Crippen molar-refractivity contribution in [1.82, 2.24) is 0 Å². The first-order valence-corrected chi connectivity index (χ1v) is 7.58. The molecule has 90 valence electrons. The van der Waals surface area contributed by atoms with Crippen LogP contribution in [-0.2, 0) is 9.84 Å². The van der Waals surface area contributed by atoms with Gasteiger partial charge in [0.25, 0.3) is 0 Å². The van der Waals surface area contributed by atoms with E-state index in [0.717, 1.165) is 0 Å². The minimum absolute atomic E-state index is 0.166. The highest BCUT2D eigenvalue weighted by molar-refractivity contribution is 7.91. The van der Waals surface area contributed by atoms with E-state index < -0.39 is 21.8 Å². The molecule has 5 heteroatoms. The fraction of sp³-hybridized carbons (Fsp3) is 0.167. The van der Waals surface area contributed by atoms with Gasteiger partial charge in [0.1, 0.15) is 6.17 Å². The molecule has 1 heterocycles. The van der Waals surface area contributed by atoms with Crippen LogP contribution < -0.4 is 0 Å². The van der Waals surface area contributed by atoms with Gasteiger partial charge in [-0.1, -0.05) is 24.3 Å². The molecule has 2 nitrogen and oxygen atoms in total. The number of hydrogen-bond acceptors (Lipinski definition) is 3. The van der Waals surface area contributed by atoms with Crippen LogP contribution in [0.5, 0.6) is 0 Å². The molecular weight excluding hydrogens is 259 g/mol. The number of hydrogen-bond donors (Lipinski definition) is 0. The van der Waals surface area contributed by atoms with Gasteiger partial charge in [-0.3, -0.25) is 0 Å². The fourth-order valence-electron chi connectivity index (χ4n) is 1.47. The third-order valence-electron chi connectivity index (χ3n) is 2.32. The summed E-state index contributed by atoms with van der Waals surface area (Å²) >= 11 is 1.23. The zero-order valence-electron chi connectivity index (χ0n) is 8.91. The summed E-state index contributed by atoms with van der Waals surface area (Å²) in [6, 6.07) is 11.3. The highest BCUT2D eigenvalue weighted by Crippen LogP contribution is 2.26. The van der Waals surface area contributed by atoms with E-state index in [1.807, 2.05) is 0 Å². The quantitative estimate of drug-likeness (QED) is 0.854. The maximum atomic E-state index is 13.8. The molecule has 0 radical (unpaired) electrons. The van der Waals surface area contributed by atoms with Gasteiger partial charge in [-0.2, -0.15) is 0 Å². The summed E-state index contributed by atoms with van der Waals surface area (Å²) in [7, 11) is -3.55. The van der Waals surface area contributed by atoms with E-state index in [0.29, 0.717) is 4.88 Å². The van der Waals surface area contributed by atoms with E-state index in [-0.39, 0.29) is 4.90 Å². The molecule has 0 aliphatic rings. The summed E-state index contributed by atoms with van der Waals surface area (Å²) in [5, 5.41) is 1.73. The van der Waals surface area contributed by atoms with E-state index in [9.17, 15) is 12.8 Å². The molecule has 0 aliphatic heterocycles. The predicted octanol–water partition coefficient (Wildman–Crippen LogP) is 3.23. The van der Waals surface area contributed by atoms with Crippen molar-refractivity contribution in [1.29, 1.82) is 0 Å². The fourth-order valence-corrected chi connectivity index (χ4v) is 3.61. The molecule has 2 aromatic rings. The molecule has 1 unspecified atom stereocenters. The molecule has 0 N–H and O–H groups in total. The third-order valence-corrected chi connectivity index (χ3v) is 5.00. The van der Waals surface area contributed by atoms with Crippen molar-refractivity contribution in [3.8, 4) is 0 Å². The lowest BCUT2D eigenvalue weighted by Crippen LogP contribution is -2.11. The Balaban J connectivity index is 2.19. The Labute approximate surface area is 104 Å². The number of halogens is 1. The van der Waals surface area contributed by atoms with Gasteiger partial charge in [-0.05, 0) is 23.6 Å².